The highest BCUT2D eigenvalue weighted by atomic mass is 35.5. The minimum absolute atomic E-state index is 0. The predicted molar refractivity (Wildman–Crippen MR) is 42.7 cm³/mol. The third-order valence-electron chi connectivity index (χ3n) is 1.15. The summed E-state index contributed by atoms with van der Waals surface area (Å²) in [5.74, 6) is 0.0888. The molecule has 0 heterocycles. The van der Waals surface area contributed by atoms with Crippen LogP contribution in [-0.2, 0) is 4.79 Å². The summed E-state index contributed by atoms with van der Waals surface area (Å²) in [5.41, 5.74) is 0. The number of rotatable bonds is 4. The molecule has 0 amide bonds. The van der Waals surface area contributed by atoms with Crippen LogP contribution >= 0.6 is 12.8 Å². The van der Waals surface area contributed by atoms with Crippen LogP contribution < -0.4 is 12.4 Å². The molecule has 0 aliphatic rings. The molecule has 0 saturated carbocycles. The Kier molecular flexibility index (Phi) is 7.31. The van der Waals surface area contributed by atoms with Crippen LogP contribution in [0, 0.1) is 0 Å². The lowest BCUT2D eigenvalue weighted by molar-refractivity contribution is -0.761. The molecule has 0 rings (SSSR count). The van der Waals surface area contributed by atoms with Gasteiger partial charge in [0.05, 0.1) is 26.5 Å². The van der Waals surface area contributed by atoms with Gasteiger partial charge in [-0.15, -0.1) is 0 Å². The van der Waals surface area contributed by atoms with E-state index >= 15 is 0 Å². The van der Waals surface area contributed by atoms with E-state index in [0.29, 0.717) is 13.1 Å². The van der Waals surface area contributed by atoms with Crippen molar-refractivity contribution in [3.05, 3.63) is 0 Å². The number of aliphatic hydroxyl groups is 1. The second-order valence-electron chi connectivity index (χ2n) is 2.65. The summed E-state index contributed by atoms with van der Waals surface area (Å²) >= 11 is 4.16. The van der Waals surface area contributed by atoms with Gasteiger partial charge in [-0.05, 0) is 0 Å². The van der Waals surface area contributed by atoms with Crippen molar-refractivity contribution >= 4 is 18.6 Å². The van der Waals surface area contributed by atoms with Crippen molar-refractivity contribution in [2.45, 2.75) is 6.92 Å². The second-order valence-corrected chi connectivity index (χ2v) is 3.61. The quantitative estimate of drug-likeness (QED) is 0.371. The summed E-state index contributed by atoms with van der Waals surface area (Å²) in [4.78, 5) is 10.6. The fourth-order valence-corrected chi connectivity index (χ4v) is 1.06. The molecule has 1 atom stereocenters. The zero-order chi connectivity index (χ0) is 8.20. The lowest BCUT2D eigenvalue weighted by Gasteiger charge is -2.24. The van der Waals surface area contributed by atoms with E-state index < -0.39 is 0 Å². The van der Waals surface area contributed by atoms with Crippen molar-refractivity contribution in [1.82, 2.24) is 0 Å². The van der Waals surface area contributed by atoms with E-state index in [4.69, 9.17) is 5.11 Å². The molecule has 5 heteroatoms. The lowest BCUT2D eigenvalue weighted by atomic mass is 10.4. The molecule has 0 fully saturated rings. The number of hydrogen-bond acceptors (Lipinski definition) is 3. The first-order valence-electron chi connectivity index (χ1n) is 3.15. The van der Waals surface area contributed by atoms with Gasteiger partial charge in [0, 0.05) is 6.92 Å². The SMILES string of the molecule is CC(=O)C[N+](C)(S)CCO.[Cl-]. The van der Waals surface area contributed by atoms with Crippen LogP contribution in [0.25, 0.3) is 0 Å². The first kappa shape index (κ1) is 13.8. The highest BCUT2D eigenvalue weighted by molar-refractivity contribution is 7.74. The molecule has 0 aromatic carbocycles. The average molecular weight is 200 g/mol. The Morgan fingerprint density at radius 3 is 2.36 bits per heavy atom. The number of carbonyl (C=O) groups excluding carboxylic acids is 1. The van der Waals surface area contributed by atoms with Crippen molar-refractivity contribution in [1.29, 1.82) is 0 Å². The van der Waals surface area contributed by atoms with Gasteiger partial charge in [-0.25, -0.2) is 0 Å². The largest absolute Gasteiger partial charge is 1.00 e. The van der Waals surface area contributed by atoms with E-state index in [1.807, 2.05) is 0 Å². The van der Waals surface area contributed by atoms with Crippen LogP contribution in [0.5, 0.6) is 0 Å². The van der Waals surface area contributed by atoms with Gasteiger partial charge >= 0.3 is 0 Å². The lowest BCUT2D eigenvalue weighted by Crippen LogP contribution is -3.00. The fourth-order valence-electron chi connectivity index (χ4n) is 0.774. The summed E-state index contributed by atoms with van der Waals surface area (Å²) in [5, 5.41) is 8.54. The van der Waals surface area contributed by atoms with E-state index in [1.165, 1.54) is 6.92 Å². The van der Waals surface area contributed by atoms with Crippen molar-refractivity contribution in [2.24, 2.45) is 0 Å². The number of aliphatic hydroxyl groups excluding tert-OH is 1. The Morgan fingerprint density at radius 1 is 1.64 bits per heavy atom. The van der Waals surface area contributed by atoms with Crippen molar-refractivity contribution in [3.63, 3.8) is 0 Å². The van der Waals surface area contributed by atoms with Crippen LogP contribution in [0.15, 0.2) is 0 Å². The maximum atomic E-state index is 10.6. The van der Waals surface area contributed by atoms with Crippen LogP contribution in [0.1, 0.15) is 6.92 Å². The molecule has 1 N–H and O–H groups in total. The standard InChI is InChI=1S/C6H14NO2S.ClH/c1-6(9)5-7(2,10)3-4-8;/h8,10H,3-5H2,1-2H3;1H/q+1;/p-1. The molecule has 0 radical (unpaired) electrons. The van der Waals surface area contributed by atoms with Crippen LogP contribution in [-0.4, -0.2) is 41.5 Å². The average Bonchev–Trinajstić information content (AvgIpc) is 1.59. The van der Waals surface area contributed by atoms with Gasteiger partial charge in [-0.2, -0.15) is 0 Å². The monoisotopic (exact) mass is 199 g/mol. The number of halogens is 1. The summed E-state index contributed by atoms with van der Waals surface area (Å²) < 4.78 is 0.270. The number of thiol groups is 1. The Hall–Kier alpha value is 0.230. The van der Waals surface area contributed by atoms with Gasteiger partial charge in [0.2, 0.25) is 0 Å². The first-order chi connectivity index (χ1) is 4.48. The molecule has 11 heavy (non-hydrogen) atoms. The van der Waals surface area contributed by atoms with Gasteiger partial charge in [0.25, 0.3) is 0 Å². The predicted octanol–water partition coefficient (Wildman–Crippen LogP) is -3.14. The molecular formula is C6H14ClNO2S. The number of nitrogens with zero attached hydrogens (tertiary/aromatic N) is 1. The van der Waals surface area contributed by atoms with E-state index in [1.54, 1.807) is 7.05 Å². The molecule has 0 spiro atoms. The van der Waals surface area contributed by atoms with E-state index in [-0.39, 0.29) is 28.7 Å². The second kappa shape index (κ2) is 5.83. The van der Waals surface area contributed by atoms with Crippen LogP contribution in [0.3, 0.4) is 0 Å². The summed E-state index contributed by atoms with van der Waals surface area (Å²) in [6.45, 7) is 2.45. The number of Topliss-reactive ketones (excluding diaryl/α,β-unsaturated/α-hetero) is 1. The van der Waals surface area contributed by atoms with Crippen molar-refractivity contribution in [3.8, 4) is 0 Å². The molecule has 0 aromatic rings. The maximum absolute atomic E-state index is 10.6. The number of carbonyl (C=O) groups is 1. The Bertz CT molecular complexity index is 130. The number of hydrogen-bond donors (Lipinski definition) is 2. The van der Waals surface area contributed by atoms with E-state index in [2.05, 4.69) is 12.8 Å². The third kappa shape index (κ3) is 8.13. The molecule has 68 valence electrons. The highest BCUT2D eigenvalue weighted by Gasteiger charge is 2.17. The van der Waals surface area contributed by atoms with Crippen molar-refractivity contribution < 1.29 is 26.2 Å². The highest BCUT2D eigenvalue weighted by Crippen LogP contribution is 2.04. The zero-order valence-electron chi connectivity index (χ0n) is 6.75. The number of ketones is 1. The molecule has 0 bridgehead atoms. The molecule has 0 aliphatic carbocycles. The molecular weight excluding hydrogens is 186 g/mol. The third-order valence-corrected chi connectivity index (χ3v) is 1.49. The van der Waals surface area contributed by atoms with Crippen molar-refractivity contribution in [2.75, 3.05) is 26.7 Å². The Balaban J connectivity index is 0. The zero-order valence-corrected chi connectivity index (χ0v) is 8.40. The summed E-state index contributed by atoms with van der Waals surface area (Å²) in [6.07, 6.45) is 0. The molecule has 0 saturated heterocycles. The molecule has 1 unspecified atom stereocenters. The molecule has 3 nitrogen and oxygen atoms in total. The smallest absolute Gasteiger partial charge is 0.184 e. The van der Waals surface area contributed by atoms with Gasteiger partial charge in [0.1, 0.15) is 13.1 Å². The fraction of sp³-hybridized carbons (Fsp3) is 0.833. The first-order valence-corrected chi connectivity index (χ1v) is 3.55. The van der Waals surface area contributed by atoms with Crippen LogP contribution in [0.4, 0.5) is 0 Å². The van der Waals surface area contributed by atoms with E-state index in [0.717, 1.165) is 0 Å². The van der Waals surface area contributed by atoms with Gasteiger partial charge in [0.15, 0.2) is 5.78 Å². The summed E-state index contributed by atoms with van der Waals surface area (Å²) in [6, 6.07) is 0. The Morgan fingerprint density at radius 2 is 2.09 bits per heavy atom. The van der Waals surface area contributed by atoms with Crippen LogP contribution in [0.2, 0.25) is 0 Å². The van der Waals surface area contributed by atoms with Gasteiger partial charge < -0.3 is 17.5 Å². The maximum Gasteiger partial charge on any atom is 0.184 e. The van der Waals surface area contributed by atoms with Gasteiger partial charge in [-0.1, -0.05) is 0 Å². The number of quaternary nitrogens is 1. The minimum Gasteiger partial charge on any atom is -1.00 e. The Labute approximate surface area is 78.9 Å². The summed E-state index contributed by atoms with van der Waals surface area (Å²) in [7, 11) is 1.79. The molecule has 0 aliphatic heterocycles. The topological polar surface area (TPSA) is 37.3 Å². The molecule has 0 aromatic heterocycles. The van der Waals surface area contributed by atoms with E-state index in [9.17, 15) is 4.79 Å². The number of likely N-dealkylation sites (N-methyl/N-ethyl adjacent to an activating group) is 1. The minimum atomic E-state index is 0. The van der Waals surface area contributed by atoms with Gasteiger partial charge in [-0.3, -0.25) is 8.68 Å². The normalized spacial score (nSPS) is 14.9.